The minimum Gasteiger partial charge on any atom is -0.480 e. The van der Waals surface area contributed by atoms with Gasteiger partial charge in [0.1, 0.15) is 78.5 Å². The summed E-state index contributed by atoms with van der Waals surface area (Å²) < 4.78 is 0. The van der Waals surface area contributed by atoms with Crippen LogP contribution in [0.2, 0.25) is 0 Å². The first-order chi connectivity index (χ1) is 51.6. The number of nitrogens with two attached hydrogens (primary N) is 7. The SMILES string of the molecule is C[C@H](NC(=O)[C@H](CCCNC(=N)N)NC(=O)[C@H](CC(N)=O)NC(=O)[C@H](CO)NC(=O)[C@H](CC(N)=O)NC(=O)[C@H](Cc1ccccc1)NC(=O)CNC(=O)[C@H](C)NC(=O)[C@@H](N)CC(N)=O)C(=O)N[C@@H](CC(N)=O)C(=O)N[C@@H](CO)C(=O)N[C@@H](CO)C(=O)N[C@@H](CCCNC(=N)N)C(=O)N[C@@H](CO)C(=O)N[C@@H](CO)C(=O)O. The van der Waals surface area contributed by atoms with Crippen LogP contribution in [-0.2, 0) is 97.5 Å². The van der Waals surface area contributed by atoms with Gasteiger partial charge in [-0.15, -0.1) is 0 Å². The molecule has 0 aliphatic carbocycles. The van der Waals surface area contributed by atoms with Gasteiger partial charge in [0.15, 0.2) is 11.9 Å². The highest BCUT2D eigenvalue weighted by Crippen LogP contribution is 2.09. The molecule has 0 heterocycles. The summed E-state index contributed by atoms with van der Waals surface area (Å²) in [5.74, 6) is -24.9. The number of carbonyl (C=O) groups excluding carboxylic acids is 18. The standard InChI is InChI=1S/C60H97N25O25/c1-25(73-47(98)28(61)15-40(62)91)45(96)72-19-44(95)75-31(14-27-8-4-3-5-9-27)50(101)79-34(18-43(65)94)53(104)82-36(21-87)55(106)80-33(17-42(64)93)51(102)76-29(10-6-12-70-59(66)67)48(99)74-26(2)46(97)78-32(16-41(63)92)52(103)83-37(22-88)56(107)84-35(20-86)54(105)77-30(11-7-13-71-60(68)69)49(100)81-38(23-89)57(108)85-39(24-90)58(109)110/h3-5,8-9,25-26,28-39,86-90H,6-7,10-24,61H2,1-2H3,(H2,62,91)(H2,63,92)(H2,64,93)(H2,65,94)(H,72,96)(H,73,98)(H,74,99)(H,75,95)(H,76,102)(H,77,105)(H,78,97)(H,79,101)(H,80,106)(H,81,100)(H,82,104)(H,83,103)(H,84,107)(H,85,108)(H,109,110)(H4,66,67,70)(H4,68,69,71)/t25-,26-,28-,29-,30-,31-,32-,33-,34-,35-,36-,37-,38-,39-/m0/s1. The molecule has 1 rings (SSSR count). The van der Waals surface area contributed by atoms with Gasteiger partial charge in [0, 0.05) is 19.5 Å². The Balaban J connectivity index is 3.43. The van der Waals surface area contributed by atoms with Crippen molar-refractivity contribution in [3.05, 3.63) is 35.9 Å². The highest BCUT2D eigenvalue weighted by atomic mass is 16.4. The normalized spacial score (nSPS) is 14.6. The zero-order valence-corrected chi connectivity index (χ0v) is 59.5. The van der Waals surface area contributed by atoms with E-state index in [1.54, 1.807) is 30.3 Å². The number of amides is 18. The van der Waals surface area contributed by atoms with E-state index >= 15 is 0 Å². The molecule has 0 spiro atoms. The van der Waals surface area contributed by atoms with Crippen molar-refractivity contribution in [2.24, 2.45) is 40.1 Å². The molecule has 0 aliphatic heterocycles. The number of aliphatic carboxylic acids is 1. The highest BCUT2D eigenvalue weighted by molar-refractivity contribution is 6.02. The molecule has 0 fully saturated rings. The number of primary amides is 4. The van der Waals surface area contributed by atoms with Crippen LogP contribution < -0.4 is 125 Å². The number of hydrogen-bond donors (Lipinski definition) is 31. The van der Waals surface area contributed by atoms with E-state index in [2.05, 4.69) is 69.1 Å². The average Bonchev–Trinajstić information content (AvgIpc) is 0.863. The lowest BCUT2D eigenvalue weighted by molar-refractivity contribution is -0.143. The fourth-order valence-corrected chi connectivity index (χ4v) is 9.24. The van der Waals surface area contributed by atoms with Gasteiger partial charge in [-0.3, -0.25) is 97.1 Å². The minimum atomic E-state index is -2.12. The van der Waals surface area contributed by atoms with Crippen molar-refractivity contribution in [3.8, 4) is 0 Å². The Morgan fingerprint density at radius 2 is 0.636 bits per heavy atom. The Morgan fingerprint density at radius 3 is 0.982 bits per heavy atom. The number of carboxylic acid groups (broad SMARTS) is 1. The molecule has 110 heavy (non-hydrogen) atoms. The fourth-order valence-electron chi connectivity index (χ4n) is 9.24. The van der Waals surface area contributed by atoms with Gasteiger partial charge in [0.05, 0.1) is 71.3 Å². The van der Waals surface area contributed by atoms with E-state index in [9.17, 15) is 122 Å². The van der Waals surface area contributed by atoms with Crippen LogP contribution >= 0.6 is 0 Å². The van der Waals surface area contributed by atoms with Crippen LogP contribution in [0.15, 0.2) is 30.3 Å². The molecule has 1 aromatic carbocycles. The van der Waals surface area contributed by atoms with Crippen molar-refractivity contribution in [1.29, 1.82) is 10.8 Å². The minimum absolute atomic E-state index is 0.0662. The topological polar surface area (TPSA) is 868 Å². The van der Waals surface area contributed by atoms with Crippen LogP contribution in [0.25, 0.3) is 0 Å². The Morgan fingerprint density at radius 1 is 0.345 bits per heavy atom. The second-order valence-electron chi connectivity index (χ2n) is 24.1. The van der Waals surface area contributed by atoms with Gasteiger partial charge in [0.25, 0.3) is 0 Å². The Hall–Kier alpha value is -12.5. The first-order valence-corrected chi connectivity index (χ1v) is 33.2. The van der Waals surface area contributed by atoms with Crippen LogP contribution in [0, 0.1) is 10.8 Å². The first kappa shape index (κ1) is 95.5. The van der Waals surface area contributed by atoms with Gasteiger partial charge in [0.2, 0.25) is 106 Å². The number of rotatable bonds is 52. The number of carbonyl (C=O) groups is 19. The molecule has 18 amide bonds. The molecular weight excluding hydrogens is 1470 g/mol. The van der Waals surface area contributed by atoms with Crippen LogP contribution in [0.5, 0.6) is 0 Å². The molecule has 612 valence electrons. The van der Waals surface area contributed by atoms with Crippen molar-refractivity contribution in [2.45, 2.75) is 156 Å². The highest BCUT2D eigenvalue weighted by Gasteiger charge is 2.38. The van der Waals surface area contributed by atoms with E-state index in [0.29, 0.717) is 5.56 Å². The van der Waals surface area contributed by atoms with Crippen LogP contribution in [0.4, 0.5) is 0 Å². The number of aliphatic hydroxyl groups is 5. The van der Waals surface area contributed by atoms with Gasteiger partial charge < -0.3 is 156 Å². The molecule has 0 radical (unpaired) electrons. The molecule has 0 aliphatic rings. The molecule has 0 aromatic heterocycles. The fraction of sp³-hybridized carbons (Fsp3) is 0.550. The third kappa shape index (κ3) is 36.6. The third-order valence-electron chi connectivity index (χ3n) is 15.0. The van der Waals surface area contributed by atoms with Crippen molar-refractivity contribution < 1.29 is 122 Å². The Bertz CT molecular complexity index is 3470. The van der Waals surface area contributed by atoms with Gasteiger partial charge in [-0.05, 0) is 45.1 Å². The number of aliphatic hydroxyl groups excluding tert-OH is 5. The third-order valence-corrected chi connectivity index (χ3v) is 15.0. The van der Waals surface area contributed by atoms with E-state index in [-0.39, 0.29) is 38.8 Å². The predicted molar refractivity (Wildman–Crippen MR) is 374 cm³/mol. The molecule has 50 heteroatoms. The lowest BCUT2D eigenvalue weighted by atomic mass is 10.0. The zero-order chi connectivity index (χ0) is 83.7. The quantitative estimate of drug-likeness (QED) is 0.0164. The smallest absolute Gasteiger partial charge is 0.328 e. The van der Waals surface area contributed by atoms with Crippen molar-refractivity contribution in [3.63, 3.8) is 0 Å². The predicted octanol–water partition coefficient (Wildman–Crippen LogP) is -17.9. The molecule has 0 unspecified atom stereocenters. The lowest BCUT2D eigenvalue weighted by Crippen LogP contribution is -2.62. The van der Waals surface area contributed by atoms with Crippen LogP contribution in [-0.4, -0.2) is 292 Å². The second kappa shape index (κ2) is 49.3. The van der Waals surface area contributed by atoms with Crippen molar-refractivity contribution in [1.82, 2.24) is 85.1 Å². The molecule has 14 atom stereocenters. The molecule has 38 N–H and O–H groups in total. The number of nitrogens with one attached hydrogen (secondary N) is 18. The van der Waals surface area contributed by atoms with E-state index in [4.69, 9.17) is 51.0 Å². The van der Waals surface area contributed by atoms with Gasteiger partial charge in [-0.1, -0.05) is 30.3 Å². The molecule has 1 aromatic rings. The maximum absolute atomic E-state index is 14.0. The van der Waals surface area contributed by atoms with E-state index in [1.807, 2.05) is 16.0 Å². The summed E-state index contributed by atoms with van der Waals surface area (Å²) in [6.07, 6.45) is -4.95. The number of benzene rings is 1. The molecule has 50 nitrogen and oxygen atoms in total. The summed E-state index contributed by atoms with van der Waals surface area (Å²) in [6, 6.07) is -17.9. The first-order valence-electron chi connectivity index (χ1n) is 33.2. The summed E-state index contributed by atoms with van der Waals surface area (Å²) >= 11 is 0. The van der Waals surface area contributed by atoms with Gasteiger partial charge in [-0.25, -0.2) is 4.79 Å². The summed E-state index contributed by atoms with van der Waals surface area (Å²) in [5.41, 5.74) is 37.9. The van der Waals surface area contributed by atoms with Crippen molar-refractivity contribution >= 4 is 124 Å². The number of carboxylic acids is 1. The number of guanidine groups is 2. The summed E-state index contributed by atoms with van der Waals surface area (Å²) in [6.45, 7) is -4.95. The molecular formula is C60H97N25O25. The molecule has 0 bridgehead atoms. The summed E-state index contributed by atoms with van der Waals surface area (Å²) in [5, 5.41) is 109. The van der Waals surface area contributed by atoms with Crippen molar-refractivity contribution in [2.75, 3.05) is 52.7 Å². The Labute approximate surface area is 625 Å². The number of hydrogen-bond acceptors (Lipinski definition) is 27. The maximum Gasteiger partial charge on any atom is 0.328 e. The van der Waals surface area contributed by atoms with Crippen LogP contribution in [0.1, 0.15) is 70.8 Å². The lowest BCUT2D eigenvalue weighted by Gasteiger charge is -2.27. The van der Waals surface area contributed by atoms with Gasteiger partial charge >= 0.3 is 5.97 Å². The summed E-state index contributed by atoms with van der Waals surface area (Å²) in [7, 11) is 0. The zero-order valence-electron chi connectivity index (χ0n) is 59.5. The maximum atomic E-state index is 14.0. The van der Waals surface area contributed by atoms with Crippen LogP contribution in [0.3, 0.4) is 0 Å². The van der Waals surface area contributed by atoms with E-state index in [1.165, 1.54) is 6.92 Å². The average molecular weight is 1570 g/mol. The second-order valence-corrected chi connectivity index (χ2v) is 24.1. The monoisotopic (exact) mass is 1570 g/mol. The largest absolute Gasteiger partial charge is 0.480 e. The van der Waals surface area contributed by atoms with E-state index in [0.717, 1.165) is 6.92 Å². The van der Waals surface area contributed by atoms with Gasteiger partial charge in [-0.2, -0.15) is 0 Å². The molecule has 0 saturated carbocycles. The Kier molecular flexibility index (Phi) is 42.8. The summed E-state index contributed by atoms with van der Waals surface area (Å²) in [4.78, 5) is 248. The van der Waals surface area contributed by atoms with E-state index < -0.39 is 280 Å². The molecule has 0 saturated heterocycles.